The Bertz CT molecular complexity index is 559. The van der Waals surface area contributed by atoms with E-state index in [1.54, 1.807) is 6.07 Å². The van der Waals surface area contributed by atoms with Gasteiger partial charge in [0, 0.05) is 5.39 Å². The molecule has 0 spiro atoms. The monoisotopic (exact) mass is 242 g/mol. The number of para-hydroxylation sites is 1. The van der Waals surface area contributed by atoms with Gasteiger partial charge in [-0.05, 0) is 6.07 Å². The first-order valence-corrected chi connectivity index (χ1v) is 4.59. The normalized spacial score (nSPS) is 11.8. The molecular weight excluding hydrogens is 236 g/mol. The second kappa shape index (κ2) is 3.97. The maximum atomic E-state index is 12.5. The van der Waals surface area contributed by atoms with Gasteiger partial charge in [-0.25, -0.2) is 9.97 Å². The summed E-state index contributed by atoms with van der Waals surface area (Å²) < 4.78 is 37.4. The minimum atomic E-state index is -4.73. The highest BCUT2D eigenvalue weighted by Crippen LogP contribution is 2.26. The van der Waals surface area contributed by atoms with Crippen molar-refractivity contribution in [2.45, 2.75) is 6.18 Å². The molecule has 0 aliphatic heterocycles. The Kier molecular flexibility index (Phi) is 2.76. The van der Waals surface area contributed by atoms with Gasteiger partial charge >= 0.3 is 13.3 Å². The van der Waals surface area contributed by atoms with E-state index < -0.39 is 24.7 Å². The standard InChI is InChI=1S/C9H6BF3N2O2/c11-9(12,13)8-14-6-4-2-1-3-5(6)7(15-8)10(16)17/h1-4,16-17H. The number of hydrogen-bond acceptors (Lipinski definition) is 4. The molecule has 2 N–H and O–H groups in total. The van der Waals surface area contributed by atoms with E-state index in [9.17, 15) is 13.2 Å². The van der Waals surface area contributed by atoms with E-state index in [0.717, 1.165) is 0 Å². The van der Waals surface area contributed by atoms with Crippen LogP contribution in [-0.4, -0.2) is 27.1 Å². The lowest BCUT2D eigenvalue weighted by atomic mass is 9.83. The van der Waals surface area contributed by atoms with Crippen molar-refractivity contribution in [1.29, 1.82) is 0 Å². The van der Waals surface area contributed by atoms with Crippen molar-refractivity contribution >= 4 is 23.6 Å². The van der Waals surface area contributed by atoms with Gasteiger partial charge in [0.1, 0.15) is 0 Å². The Labute approximate surface area is 93.9 Å². The molecule has 0 bridgehead atoms. The summed E-state index contributed by atoms with van der Waals surface area (Å²) in [5.41, 5.74) is -0.444. The van der Waals surface area contributed by atoms with Crippen LogP contribution < -0.4 is 5.59 Å². The van der Waals surface area contributed by atoms with Crippen molar-refractivity contribution in [2.75, 3.05) is 0 Å². The molecule has 0 unspecified atom stereocenters. The summed E-state index contributed by atoms with van der Waals surface area (Å²) in [6.07, 6.45) is -4.73. The van der Waals surface area contributed by atoms with E-state index in [-0.39, 0.29) is 10.9 Å². The van der Waals surface area contributed by atoms with E-state index in [4.69, 9.17) is 10.0 Å². The molecule has 1 heterocycles. The maximum Gasteiger partial charge on any atom is 0.508 e. The molecular formula is C9H6BF3N2O2. The highest BCUT2D eigenvalue weighted by atomic mass is 19.4. The van der Waals surface area contributed by atoms with Gasteiger partial charge in [0.15, 0.2) is 0 Å². The molecule has 0 saturated carbocycles. The van der Waals surface area contributed by atoms with Gasteiger partial charge in [0.05, 0.1) is 11.1 Å². The van der Waals surface area contributed by atoms with E-state index in [1.165, 1.54) is 18.2 Å². The van der Waals surface area contributed by atoms with Crippen LogP contribution in [0.25, 0.3) is 10.9 Å². The van der Waals surface area contributed by atoms with Crippen molar-refractivity contribution in [3.05, 3.63) is 30.1 Å². The highest BCUT2D eigenvalue weighted by Gasteiger charge is 2.36. The molecule has 4 nitrogen and oxygen atoms in total. The topological polar surface area (TPSA) is 66.2 Å². The zero-order valence-corrected chi connectivity index (χ0v) is 8.31. The molecule has 8 heteroatoms. The van der Waals surface area contributed by atoms with Crippen LogP contribution in [0.1, 0.15) is 5.82 Å². The van der Waals surface area contributed by atoms with Crippen LogP contribution in [0.5, 0.6) is 0 Å². The largest absolute Gasteiger partial charge is 0.508 e. The predicted molar refractivity (Wildman–Crippen MR) is 54.4 cm³/mol. The average Bonchev–Trinajstić information content (AvgIpc) is 2.26. The van der Waals surface area contributed by atoms with Crippen LogP contribution in [0.2, 0.25) is 0 Å². The summed E-state index contributed by atoms with van der Waals surface area (Å²) in [6.45, 7) is 0. The fraction of sp³-hybridized carbons (Fsp3) is 0.111. The molecule has 17 heavy (non-hydrogen) atoms. The number of nitrogens with zero attached hydrogens (tertiary/aromatic N) is 2. The summed E-state index contributed by atoms with van der Waals surface area (Å²) >= 11 is 0. The summed E-state index contributed by atoms with van der Waals surface area (Å²) in [5, 5.41) is 18.2. The predicted octanol–water partition coefficient (Wildman–Crippen LogP) is 0.328. The quantitative estimate of drug-likeness (QED) is 0.707. The zero-order chi connectivity index (χ0) is 12.6. The van der Waals surface area contributed by atoms with Gasteiger partial charge in [0.25, 0.3) is 0 Å². The fourth-order valence-electron chi connectivity index (χ4n) is 1.42. The molecule has 1 aromatic heterocycles. The zero-order valence-electron chi connectivity index (χ0n) is 8.31. The second-order valence-electron chi connectivity index (χ2n) is 3.32. The SMILES string of the molecule is OB(O)c1nc(C(F)(F)F)nc2ccccc12. The van der Waals surface area contributed by atoms with Crippen molar-refractivity contribution in [3.8, 4) is 0 Å². The molecule has 2 rings (SSSR count). The molecule has 0 fully saturated rings. The van der Waals surface area contributed by atoms with E-state index in [0.29, 0.717) is 0 Å². The molecule has 2 aromatic rings. The van der Waals surface area contributed by atoms with E-state index in [2.05, 4.69) is 9.97 Å². The molecule has 0 aliphatic rings. The van der Waals surface area contributed by atoms with Gasteiger partial charge in [0.2, 0.25) is 5.82 Å². The van der Waals surface area contributed by atoms with Gasteiger partial charge in [-0.3, -0.25) is 0 Å². The Morgan fingerprint density at radius 3 is 2.29 bits per heavy atom. The molecule has 0 aliphatic carbocycles. The Balaban J connectivity index is 2.76. The third-order valence-corrected chi connectivity index (χ3v) is 2.13. The third-order valence-electron chi connectivity index (χ3n) is 2.13. The van der Waals surface area contributed by atoms with Crippen LogP contribution in [0, 0.1) is 0 Å². The summed E-state index contributed by atoms with van der Waals surface area (Å²) in [7, 11) is -2.08. The highest BCUT2D eigenvalue weighted by molar-refractivity contribution is 6.60. The molecule has 0 radical (unpaired) electrons. The lowest BCUT2D eigenvalue weighted by molar-refractivity contribution is -0.144. The first-order chi connectivity index (χ1) is 7.89. The first kappa shape index (κ1) is 11.8. The van der Waals surface area contributed by atoms with Crippen LogP contribution in [0.4, 0.5) is 13.2 Å². The lowest BCUT2D eigenvalue weighted by Crippen LogP contribution is -2.35. The second-order valence-corrected chi connectivity index (χ2v) is 3.32. The number of hydrogen-bond donors (Lipinski definition) is 2. The van der Waals surface area contributed by atoms with Gasteiger partial charge in [-0.1, -0.05) is 18.2 Å². The minimum Gasteiger partial charge on any atom is -0.422 e. The molecule has 0 saturated heterocycles. The van der Waals surface area contributed by atoms with Gasteiger partial charge in [-0.2, -0.15) is 13.2 Å². The number of alkyl halides is 3. The van der Waals surface area contributed by atoms with Crippen molar-refractivity contribution in [1.82, 2.24) is 9.97 Å². The van der Waals surface area contributed by atoms with Gasteiger partial charge in [-0.15, -0.1) is 0 Å². The maximum absolute atomic E-state index is 12.5. The van der Waals surface area contributed by atoms with E-state index in [1.807, 2.05) is 0 Å². The van der Waals surface area contributed by atoms with Crippen molar-refractivity contribution in [3.63, 3.8) is 0 Å². The first-order valence-electron chi connectivity index (χ1n) is 4.59. The summed E-state index contributed by atoms with van der Waals surface area (Å²) in [4.78, 5) is 6.47. The Hall–Kier alpha value is -1.67. The van der Waals surface area contributed by atoms with Crippen LogP contribution in [0.15, 0.2) is 24.3 Å². The lowest BCUT2D eigenvalue weighted by Gasteiger charge is -2.09. The summed E-state index contributed by atoms with van der Waals surface area (Å²) in [6, 6.07) is 5.82. The molecule has 1 aromatic carbocycles. The van der Waals surface area contributed by atoms with Crippen LogP contribution >= 0.6 is 0 Å². The van der Waals surface area contributed by atoms with Gasteiger partial charge < -0.3 is 10.0 Å². The number of halogens is 3. The molecule has 88 valence electrons. The third kappa shape index (κ3) is 2.22. The Morgan fingerprint density at radius 1 is 1.06 bits per heavy atom. The number of fused-ring (bicyclic) bond motifs is 1. The van der Waals surface area contributed by atoms with Crippen molar-refractivity contribution < 1.29 is 23.2 Å². The molecule has 0 atom stereocenters. The fourth-order valence-corrected chi connectivity index (χ4v) is 1.42. The number of benzene rings is 1. The molecule has 0 amide bonds. The summed E-state index contributed by atoms with van der Waals surface area (Å²) in [5.74, 6) is -1.39. The Morgan fingerprint density at radius 2 is 1.71 bits per heavy atom. The number of aromatic nitrogens is 2. The minimum absolute atomic E-state index is 0.0120. The van der Waals surface area contributed by atoms with Crippen molar-refractivity contribution in [2.24, 2.45) is 0 Å². The smallest absolute Gasteiger partial charge is 0.422 e. The van der Waals surface area contributed by atoms with Crippen LogP contribution in [-0.2, 0) is 6.18 Å². The van der Waals surface area contributed by atoms with Crippen LogP contribution in [0.3, 0.4) is 0 Å². The number of rotatable bonds is 1. The van der Waals surface area contributed by atoms with E-state index >= 15 is 0 Å². The average molecular weight is 242 g/mol.